The third-order valence-corrected chi connectivity index (χ3v) is 3.65. The molecule has 2 aromatic carbocycles. The second-order valence-corrected chi connectivity index (χ2v) is 6.01. The van der Waals surface area contributed by atoms with E-state index in [0.29, 0.717) is 11.1 Å². The highest BCUT2D eigenvalue weighted by molar-refractivity contribution is 6.31. The summed E-state index contributed by atoms with van der Waals surface area (Å²) < 4.78 is 26.0. The molecule has 0 aliphatic rings. The second kappa shape index (κ2) is 6.44. The highest BCUT2D eigenvalue weighted by atomic mass is 35.5. The summed E-state index contributed by atoms with van der Waals surface area (Å²) in [5.74, 6) is -0.998. The molecular weight excluding hydrogens is 308 g/mol. The van der Waals surface area contributed by atoms with Crippen LogP contribution < -0.4 is 5.32 Å². The molecule has 0 aromatic heterocycles. The zero-order valence-corrected chi connectivity index (χ0v) is 13.0. The summed E-state index contributed by atoms with van der Waals surface area (Å²) in [6.45, 7) is 3.57. The lowest BCUT2D eigenvalue weighted by Gasteiger charge is -2.28. The maximum Gasteiger partial charge on any atom is 0.225 e. The van der Waals surface area contributed by atoms with Crippen molar-refractivity contribution in [1.82, 2.24) is 5.32 Å². The molecule has 116 valence electrons. The molecule has 0 radical (unpaired) electrons. The lowest BCUT2D eigenvalue weighted by atomic mass is 9.93. The molecule has 22 heavy (non-hydrogen) atoms. The standard InChI is InChI=1S/C17H16ClF2NO/c1-17(2,14-8-7-13(20)10-15(14)18)21-16(22)9-11-3-5-12(19)6-4-11/h3-8,10H,9H2,1-2H3,(H,21,22). The lowest BCUT2D eigenvalue weighted by Crippen LogP contribution is -2.42. The van der Waals surface area contributed by atoms with Gasteiger partial charge in [-0.2, -0.15) is 0 Å². The predicted molar refractivity (Wildman–Crippen MR) is 82.7 cm³/mol. The molecule has 0 atom stereocenters. The summed E-state index contributed by atoms with van der Waals surface area (Å²) in [5, 5.41) is 3.11. The lowest BCUT2D eigenvalue weighted by molar-refractivity contribution is -0.122. The average molecular weight is 324 g/mol. The Bertz CT molecular complexity index is 684. The minimum Gasteiger partial charge on any atom is -0.347 e. The first-order chi connectivity index (χ1) is 10.3. The van der Waals surface area contributed by atoms with Gasteiger partial charge in [0.2, 0.25) is 5.91 Å². The minimum atomic E-state index is -0.748. The highest BCUT2D eigenvalue weighted by Crippen LogP contribution is 2.28. The Morgan fingerprint density at radius 3 is 2.27 bits per heavy atom. The van der Waals surface area contributed by atoms with Crippen LogP contribution in [0.15, 0.2) is 42.5 Å². The normalized spacial score (nSPS) is 11.3. The molecule has 2 rings (SSSR count). The Morgan fingerprint density at radius 1 is 1.09 bits per heavy atom. The largest absolute Gasteiger partial charge is 0.347 e. The minimum absolute atomic E-state index is 0.128. The zero-order chi connectivity index (χ0) is 16.3. The Morgan fingerprint density at radius 2 is 1.68 bits per heavy atom. The summed E-state index contributed by atoms with van der Waals surface area (Å²) in [6.07, 6.45) is 0.128. The van der Waals surface area contributed by atoms with Crippen LogP contribution >= 0.6 is 11.6 Å². The van der Waals surface area contributed by atoms with Crippen molar-refractivity contribution in [2.24, 2.45) is 0 Å². The number of carbonyl (C=O) groups excluding carboxylic acids is 1. The van der Waals surface area contributed by atoms with Crippen LogP contribution in [-0.2, 0) is 16.8 Å². The molecule has 0 unspecified atom stereocenters. The van der Waals surface area contributed by atoms with Gasteiger partial charge in [0.25, 0.3) is 0 Å². The van der Waals surface area contributed by atoms with Crippen LogP contribution in [0.25, 0.3) is 0 Å². The fourth-order valence-corrected chi connectivity index (χ4v) is 2.65. The molecule has 0 aliphatic carbocycles. The zero-order valence-electron chi connectivity index (χ0n) is 12.3. The number of hydrogen-bond acceptors (Lipinski definition) is 1. The number of benzene rings is 2. The van der Waals surface area contributed by atoms with Gasteiger partial charge in [-0.15, -0.1) is 0 Å². The highest BCUT2D eigenvalue weighted by Gasteiger charge is 2.25. The van der Waals surface area contributed by atoms with E-state index in [1.807, 2.05) is 0 Å². The van der Waals surface area contributed by atoms with Crippen molar-refractivity contribution >= 4 is 17.5 Å². The number of halogens is 3. The SMILES string of the molecule is CC(C)(NC(=O)Cc1ccc(F)cc1)c1ccc(F)cc1Cl. The monoisotopic (exact) mass is 323 g/mol. The van der Waals surface area contributed by atoms with E-state index in [1.54, 1.807) is 32.0 Å². The Kier molecular flexibility index (Phi) is 4.81. The molecule has 2 nitrogen and oxygen atoms in total. The van der Waals surface area contributed by atoms with Gasteiger partial charge >= 0.3 is 0 Å². The number of carbonyl (C=O) groups is 1. The summed E-state index contributed by atoms with van der Waals surface area (Å²) in [6, 6.07) is 9.81. The molecule has 0 bridgehead atoms. The number of nitrogens with one attached hydrogen (secondary N) is 1. The van der Waals surface area contributed by atoms with Gasteiger partial charge in [0.05, 0.1) is 12.0 Å². The number of rotatable bonds is 4. The third-order valence-electron chi connectivity index (χ3n) is 3.33. The van der Waals surface area contributed by atoms with E-state index in [-0.39, 0.29) is 23.2 Å². The van der Waals surface area contributed by atoms with Gasteiger partial charge in [-0.05, 0) is 49.2 Å². The van der Waals surface area contributed by atoms with Crippen LogP contribution in [0.2, 0.25) is 5.02 Å². The Balaban J connectivity index is 2.10. The maximum atomic E-state index is 13.1. The molecule has 0 spiro atoms. The summed E-state index contributed by atoms with van der Waals surface area (Å²) in [7, 11) is 0. The second-order valence-electron chi connectivity index (χ2n) is 5.60. The van der Waals surface area contributed by atoms with Gasteiger partial charge in [-0.3, -0.25) is 4.79 Å². The molecule has 1 amide bonds. The van der Waals surface area contributed by atoms with Crippen molar-refractivity contribution in [3.8, 4) is 0 Å². The van der Waals surface area contributed by atoms with Crippen LogP contribution in [0, 0.1) is 11.6 Å². The molecule has 0 heterocycles. The number of amides is 1. The molecule has 5 heteroatoms. The topological polar surface area (TPSA) is 29.1 Å². The fraction of sp³-hybridized carbons (Fsp3) is 0.235. The van der Waals surface area contributed by atoms with Crippen LogP contribution in [-0.4, -0.2) is 5.91 Å². The fourth-order valence-electron chi connectivity index (χ4n) is 2.24. The Hall–Kier alpha value is -1.94. The van der Waals surface area contributed by atoms with Crippen molar-refractivity contribution < 1.29 is 13.6 Å². The predicted octanol–water partition coefficient (Wildman–Crippen LogP) is 4.21. The molecular formula is C17H16ClF2NO. The van der Waals surface area contributed by atoms with Crippen molar-refractivity contribution in [1.29, 1.82) is 0 Å². The molecule has 2 aromatic rings. The van der Waals surface area contributed by atoms with Gasteiger partial charge in [0, 0.05) is 5.02 Å². The molecule has 0 saturated carbocycles. The first kappa shape index (κ1) is 16.4. The van der Waals surface area contributed by atoms with Crippen LogP contribution in [0.4, 0.5) is 8.78 Å². The van der Waals surface area contributed by atoms with Crippen LogP contribution in [0.1, 0.15) is 25.0 Å². The van der Waals surface area contributed by atoms with Gasteiger partial charge < -0.3 is 5.32 Å². The first-order valence-corrected chi connectivity index (χ1v) is 7.17. The van der Waals surface area contributed by atoms with Crippen molar-refractivity contribution in [3.63, 3.8) is 0 Å². The molecule has 1 N–H and O–H groups in total. The van der Waals surface area contributed by atoms with Gasteiger partial charge in [-0.1, -0.05) is 29.8 Å². The average Bonchev–Trinajstić information content (AvgIpc) is 2.40. The van der Waals surface area contributed by atoms with E-state index < -0.39 is 11.4 Å². The van der Waals surface area contributed by atoms with E-state index in [4.69, 9.17) is 11.6 Å². The maximum absolute atomic E-state index is 13.1. The van der Waals surface area contributed by atoms with Crippen molar-refractivity contribution in [3.05, 3.63) is 70.2 Å². The third kappa shape index (κ3) is 4.04. The van der Waals surface area contributed by atoms with E-state index >= 15 is 0 Å². The van der Waals surface area contributed by atoms with Crippen molar-refractivity contribution in [2.45, 2.75) is 25.8 Å². The van der Waals surface area contributed by atoms with E-state index in [0.717, 1.165) is 0 Å². The van der Waals surface area contributed by atoms with Crippen molar-refractivity contribution in [2.75, 3.05) is 0 Å². The molecule has 0 fully saturated rings. The van der Waals surface area contributed by atoms with Crippen LogP contribution in [0.3, 0.4) is 0 Å². The molecule has 0 saturated heterocycles. The number of hydrogen-bond donors (Lipinski definition) is 1. The Labute approximate surface area is 133 Å². The van der Waals surface area contributed by atoms with E-state index in [9.17, 15) is 13.6 Å². The van der Waals surface area contributed by atoms with Gasteiger partial charge in [0.15, 0.2) is 0 Å². The molecule has 0 aliphatic heterocycles. The summed E-state index contributed by atoms with van der Waals surface area (Å²) in [5.41, 5.74) is 0.588. The van der Waals surface area contributed by atoms with E-state index in [1.165, 1.54) is 24.3 Å². The smallest absolute Gasteiger partial charge is 0.225 e. The quantitative estimate of drug-likeness (QED) is 0.897. The first-order valence-electron chi connectivity index (χ1n) is 6.79. The van der Waals surface area contributed by atoms with Crippen LogP contribution in [0.5, 0.6) is 0 Å². The van der Waals surface area contributed by atoms with Gasteiger partial charge in [-0.25, -0.2) is 8.78 Å². The summed E-state index contributed by atoms with van der Waals surface area (Å²) in [4.78, 5) is 12.1. The summed E-state index contributed by atoms with van der Waals surface area (Å²) >= 11 is 6.04. The van der Waals surface area contributed by atoms with E-state index in [2.05, 4.69) is 5.32 Å². The van der Waals surface area contributed by atoms with Gasteiger partial charge in [0.1, 0.15) is 11.6 Å².